The minimum absolute atomic E-state index is 0.161. The number of nitrogens with zero attached hydrogens (tertiary/aromatic N) is 4. The van der Waals surface area contributed by atoms with E-state index in [2.05, 4.69) is 5.32 Å². The Bertz CT molecular complexity index is 1740. The molecule has 1 atom stereocenters. The van der Waals surface area contributed by atoms with Crippen molar-refractivity contribution in [2.45, 2.75) is 70.8 Å². The third-order valence-corrected chi connectivity index (χ3v) is 8.05. The van der Waals surface area contributed by atoms with Crippen LogP contribution >= 0.6 is 0 Å². The molecule has 4 aromatic rings. The number of carbonyl (C=O) groups excluding carboxylic acids is 2. The summed E-state index contributed by atoms with van der Waals surface area (Å²) in [6.45, 7) is 6.76. The summed E-state index contributed by atoms with van der Waals surface area (Å²) in [5.74, 6) is 0.0615. The maximum absolute atomic E-state index is 13.7. The first-order valence-corrected chi connectivity index (χ1v) is 14.8. The van der Waals surface area contributed by atoms with E-state index in [0.717, 1.165) is 25.3 Å². The van der Waals surface area contributed by atoms with E-state index in [1.54, 1.807) is 48.4 Å². The molecular weight excluding hydrogens is 579 g/mol. The zero-order valence-electron chi connectivity index (χ0n) is 25.4. The van der Waals surface area contributed by atoms with Gasteiger partial charge in [-0.15, -0.1) is 0 Å². The number of likely N-dealkylation sites (tertiary alicyclic amines) is 1. The van der Waals surface area contributed by atoms with Crippen molar-refractivity contribution < 1.29 is 36.7 Å². The van der Waals surface area contributed by atoms with Crippen LogP contribution in [0.25, 0.3) is 33.7 Å². The predicted octanol–water partition coefficient (Wildman–Crippen LogP) is 6.35. The molecule has 6 rings (SSSR count). The van der Waals surface area contributed by atoms with Crippen molar-refractivity contribution in [1.29, 1.82) is 0 Å². The van der Waals surface area contributed by atoms with Gasteiger partial charge in [0.25, 0.3) is 5.91 Å². The summed E-state index contributed by atoms with van der Waals surface area (Å²) in [5.41, 5.74) is 1.70. The summed E-state index contributed by atoms with van der Waals surface area (Å²) in [6.07, 6.45) is -1.67. The number of fused-ring (bicyclic) bond motifs is 2. The van der Waals surface area contributed by atoms with Gasteiger partial charge in [-0.05, 0) is 76.6 Å². The van der Waals surface area contributed by atoms with Crippen LogP contribution in [0, 0.1) is 5.92 Å². The average Bonchev–Trinajstić information content (AvgIpc) is 3.42. The number of piperidine rings is 1. The van der Waals surface area contributed by atoms with Crippen LogP contribution in [-0.2, 0) is 24.5 Å². The van der Waals surface area contributed by atoms with Crippen molar-refractivity contribution >= 4 is 34.1 Å². The average molecular weight is 616 g/mol. The zero-order valence-corrected chi connectivity index (χ0v) is 25.4. The van der Waals surface area contributed by atoms with Gasteiger partial charge in [0.05, 0.1) is 18.3 Å². The number of amides is 2. The van der Waals surface area contributed by atoms with E-state index in [1.165, 1.54) is 7.11 Å². The van der Waals surface area contributed by atoms with Gasteiger partial charge in [0.1, 0.15) is 16.9 Å². The number of halogens is 3. The molecule has 1 saturated heterocycles. The number of carbonyl (C=O) groups is 2. The SMILES string of the molecule is COc1cc(C(=O)N2CCC[C@@H](NC(=O)OC(C)(C)C)C2)cc2nc(-c3cc4cc(C(F)(F)F)oc4n3CC3CC3)n(C)c12. The molecule has 2 amide bonds. The number of alkyl halides is 3. The number of aromatic nitrogens is 3. The van der Waals surface area contributed by atoms with Crippen molar-refractivity contribution in [2.24, 2.45) is 13.0 Å². The fourth-order valence-electron chi connectivity index (χ4n) is 5.86. The summed E-state index contributed by atoms with van der Waals surface area (Å²) in [4.78, 5) is 32.6. The zero-order chi connectivity index (χ0) is 31.6. The molecule has 1 aliphatic carbocycles. The second-order valence-corrected chi connectivity index (χ2v) is 12.7. The van der Waals surface area contributed by atoms with Crippen molar-refractivity contribution in [3.63, 3.8) is 0 Å². The molecule has 1 N–H and O–H groups in total. The number of rotatable bonds is 6. The topological polar surface area (TPSA) is 104 Å². The molecule has 4 heterocycles. The second kappa shape index (κ2) is 10.8. The first kappa shape index (κ1) is 29.9. The summed E-state index contributed by atoms with van der Waals surface area (Å²) < 4.78 is 60.2. The molecule has 44 heavy (non-hydrogen) atoms. The number of alkyl carbamates (subject to hydrolysis) is 1. The lowest BCUT2D eigenvalue weighted by Gasteiger charge is -2.33. The van der Waals surface area contributed by atoms with Gasteiger partial charge in [0.2, 0.25) is 11.5 Å². The molecule has 2 aliphatic rings. The third-order valence-electron chi connectivity index (χ3n) is 8.05. The van der Waals surface area contributed by atoms with Gasteiger partial charge in [0, 0.05) is 43.7 Å². The smallest absolute Gasteiger partial charge is 0.449 e. The number of aryl methyl sites for hydroxylation is 1. The van der Waals surface area contributed by atoms with Gasteiger partial charge in [-0.25, -0.2) is 9.78 Å². The molecule has 0 radical (unpaired) electrons. The molecule has 0 unspecified atom stereocenters. The summed E-state index contributed by atoms with van der Waals surface area (Å²) >= 11 is 0. The highest BCUT2D eigenvalue weighted by Gasteiger charge is 2.37. The Hall–Kier alpha value is -4.16. The molecular formula is C31H36F3N5O5. The number of furan rings is 1. The monoisotopic (exact) mass is 615 g/mol. The molecule has 13 heteroatoms. The van der Waals surface area contributed by atoms with Crippen LogP contribution in [0.3, 0.4) is 0 Å². The van der Waals surface area contributed by atoms with E-state index >= 15 is 0 Å². The molecule has 0 spiro atoms. The number of hydrogen-bond acceptors (Lipinski definition) is 6. The van der Waals surface area contributed by atoms with Crippen LogP contribution in [0.1, 0.15) is 62.6 Å². The molecule has 2 fully saturated rings. The maximum Gasteiger partial charge on any atom is 0.449 e. The van der Waals surface area contributed by atoms with E-state index in [4.69, 9.17) is 18.9 Å². The Morgan fingerprint density at radius 1 is 1.11 bits per heavy atom. The Morgan fingerprint density at radius 2 is 1.86 bits per heavy atom. The van der Waals surface area contributed by atoms with Gasteiger partial charge in [-0.1, -0.05) is 0 Å². The molecule has 236 valence electrons. The number of hydrogen-bond donors (Lipinski definition) is 1. The summed E-state index contributed by atoms with van der Waals surface area (Å²) in [5, 5.41) is 3.22. The molecule has 1 saturated carbocycles. The standard InChI is InChI=1S/C31H36F3N5O5/c1-30(2,3)44-29(41)35-20-7-6-10-38(16-20)27(40)18-11-21-25(23(13-18)42-5)37(4)26(36-21)22-12-19-14-24(31(32,33)34)43-28(19)39(22)15-17-8-9-17/h11-14,17,20H,6-10,15-16H2,1-5H3,(H,35,41)/t20-/m1/s1. The highest BCUT2D eigenvalue weighted by molar-refractivity contribution is 6.00. The molecule has 1 aliphatic heterocycles. The molecule has 10 nitrogen and oxygen atoms in total. The first-order chi connectivity index (χ1) is 20.7. The van der Waals surface area contributed by atoms with E-state index in [9.17, 15) is 22.8 Å². The third kappa shape index (κ3) is 5.83. The van der Waals surface area contributed by atoms with Crippen molar-refractivity contribution in [3.8, 4) is 17.3 Å². The van der Waals surface area contributed by atoms with Gasteiger partial charge in [-0.2, -0.15) is 13.2 Å². The van der Waals surface area contributed by atoms with E-state index in [1.807, 2.05) is 11.6 Å². The van der Waals surface area contributed by atoms with E-state index in [0.29, 0.717) is 71.2 Å². The lowest BCUT2D eigenvalue weighted by Crippen LogP contribution is -2.50. The number of methoxy groups -OCH3 is 1. The lowest BCUT2D eigenvalue weighted by molar-refractivity contribution is -0.152. The highest BCUT2D eigenvalue weighted by Crippen LogP contribution is 2.41. The first-order valence-electron chi connectivity index (χ1n) is 14.8. The van der Waals surface area contributed by atoms with Gasteiger partial charge >= 0.3 is 12.3 Å². The van der Waals surface area contributed by atoms with Crippen LogP contribution in [0.4, 0.5) is 18.0 Å². The van der Waals surface area contributed by atoms with Crippen LogP contribution in [0.15, 0.2) is 28.7 Å². The van der Waals surface area contributed by atoms with Gasteiger partial charge in [-0.3, -0.25) is 4.79 Å². The normalized spacial score (nSPS) is 17.8. The van der Waals surface area contributed by atoms with E-state index in [-0.39, 0.29) is 17.7 Å². The van der Waals surface area contributed by atoms with Crippen molar-refractivity contribution in [2.75, 3.05) is 20.2 Å². The predicted molar refractivity (Wildman–Crippen MR) is 156 cm³/mol. The van der Waals surface area contributed by atoms with Crippen LogP contribution in [0.2, 0.25) is 0 Å². The van der Waals surface area contributed by atoms with Gasteiger partial charge < -0.3 is 33.2 Å². The number of imidazole rings is 1. The quantitative estimate of drug-likeness (QED) is 0.271. The van der Waals surface area contributed by atoms with E-state index < -0.39 is 23.6 Å². The van der Waals surface area contributed by atoms with Crippen LogP contribution in [-0.4, -0.2) is 62.9 Å². The molecule has 3 aromatic heterocycles. The number of nitrogens with one attached hydrogen (secondary N) is 1. The number of ether oxygens (including phenoxy) is 2. The molecule has 0 bridgehead atoms. The van der Waals surface area contributed by atoms with Crippen LogP contribution in [0.5, 0.6) is 5.75 Å². The Balaban J connectivity index is 1.32. The van der Waals surface area contributed by atoms with Crippen molar-refractivity contribution in [3.05, 3.63) is 35.6 Å². The minimum Gasteiger partial charge on any atom is -0.494 e. The Kier molecular flexibility index (Phi) is 7.32. The second-order valence-electron chi connectivity index (χ2n) is 12.7. The largest absolute Gasteiger partial charge is 0.494 e. The summed E-state index contributed by atoms with van der Waals surface area (Å²) in [6, 6.07) is 5.82. The van der Waals surface area contributed by atoms with Gasteiger partial charge in [0.15, 0.2) is 5.82 Å². The van der Waals surface area contributed by atoms with Crippen molar-refractivity contribution in [1.82, 2.24) is 24.3 Å². The lowest BCUT2D eigenvalue weighted by atomic mass is 10.0. The molecule has 1 aromatic carbocycles. The fraction of sp³-hybridized carbons (Fsp3) is 0.516. The maximum atomic E-state index is 13.7. The Labute approximate surface area is 252 Å². The summed E-state index contributed by atoms with van der Waals surface area (Å²) in [7, 11) is 3.32. The highest BCUT2D eigenvalue weighted by atomic mass is 19.4. The Morgan fingerprint density at radius 3 is 2.52 bits per heavy atom. The fourth-order valence-corrected chi connectivity index (χ4v) is 5.86. The minimum atomic E-state index is -4.59. The van der Waals surface area contributed by atoms with Crippen LogP contribution < -0.4 is 10.1 Å². The number of benzene rings is 1.